The second-order valence-electron chi connectivity index (χ2n) is 3.60. The van der Waals surface area contributed by atoms with E-state index in [1.807, 2.05) is 31.2 Å². The molecule has 15 heavy (non-hydrogen) atoms. The van der Waals surface area contributed by atoms with Crippen molar-refractivity contribution < 1.29 is 9.21 Å². The molecule has 1 aromatic heterocycles. The molecule has 0 N–H and O–H groups in total. The van der Waals surface area contributed by atoms with E-state index in [2.05, 4.69) is 0 Å². The number of furan rings is 1. The van der Waals surface area contributed by atoms with Crippen molar-refractivity contribution in [3.63, 3.8) is 0 Å². The predicted octanol–water partition coefficient (Wildman–Crippen LogP) is 3.01. The zero-order valence-electron chi connectivity index (χ0n) is 8.57. The van der Waals surface area contributed by atoms with Crippen LogP contribution in [-0.4, -0.2) is 5.78 Å². The molecule has 0 bridgehead atoms. The number of Topliss-reactive ketones (excluding diaryl/α,β-unsaturated/α-hetero) is 1. The number of benzene rings is 1. The van der Waals surface area contributed by atoms with Gasteiger partial charge >= 0.3 is 0 Å². The molecule has 2 aromatic rings. The minimum absolute atomic E-state index is 0.0920. The van der Waals surface area contributed by atoms with Crippen molar-refractivity contribution >= 4 is 5.78 Å². The zero-order chi connectivity index (χ0) is 10.7. The molecule has 2 nitrogen and oxygen atoms in total. The van der Waals surface area contributed by atoms with Crippen molar-refractivity contribution in [2.24, 2.45) is 0 Å². The Morgan fingerprint density at radius 2 is 2.20 bits per heavy atom. The van der Waals surface area contributed by atoms with E-state index in [4.69, 9.17) is 4.42 Å². The van der Waals surface area contributed by atoms with Crippen LogP contribution in [0.25, 0.3) is 0 Å². The second kappa shape index (κ2) is 4.13. The van der Waals surface area contributed by atoms with Crippen LogP contribution >= 0.6 is 0 Å². The maximum atomic E-state index is 11.7. The lowest BCUT2D eigenvalue weighted by atomic mass is 10.0. The topological polar surface area (TPSA) is 30.2 Å². The monoisotopic (exact) mass is 200 g/mol. The molecule has 0 aliphatic rings. The van der Waals surface area contributed by atoms with Crippen LogP contribution in [0, 0.1) is 6.92 Å². The summed E-state index contributed by atoms with van der Waals surface area (Å²) in [5.74, 6) is 0.0920. The number of hydrogen-bond acceptors (Lipinski definition) is 2. The third-order valence-corrected chi connectivity index (χ3v) is 2.29. The van der Waals surface area contributed by atoms with Crippen LogP contribution in [0.3, 0.4) is 0 Å². The first-order valence-electron chi connectivity index (χ1n) is 4.86. The normalized spacial score (nSPS) is 10.2. The molecule has 0 aliphatic heterocycles. The Balaban J connectivity index is 2.13. The van der Waals surface area contributed by atoms with Gasteiger partial charge in [-0.15, -0.1) is 0 Å². The Kier molecular flexibility index (Phi) is 2.68. The number of carbonyl (C=O) groups is 1. The molecule has 0 saturated heterocycles. The average Bonchev–Trinajstić information content (AvgIpc) is 2.70. The molecule has 1 aromatic carbocycles. The van der Waals surface area contributed by atoms with E-state index in [1.54, 1.807) is 6.07 Å². The van der Waals surface area contributed by atoms with Crippen LogP contribution < -0.4 is 0 Å². The molecule has 0 spiro atoms. The van der Waals surface area contributed by atoms with Crippen molar-refractivity contribution in [2.45, 2.75) is 13.3 Å². The summed E-state index contributed by atoms with van der Waals surface area (Å²) in [7, 11) is 0. The largest absolute Gasteiger partial charge is 0.472 e. The van der Waals surface area contributed by atoms with E-state index < -0.39 is 0 Å². The Bertz CT molecular complexity index is 455. The van der Waals surface area contributed by atoms with Crippen LogP contribution in [0.2, 0.25) is 0 Å². The second-order valence-corrected chi connectivity index (χ2v) is 3.60. The highest BCUT2D eigenvalue weighted by molar-refractivity contribution is 5.97. The Morgan fingerprint density at radius 1 is 1.33 bits per heavy atom. The summed E-state index contributed by atoms with van der Waals surface area (Å²) in [4.78, 5) is 11.7. The van der Waals surface area contributed by atoms with Gasteiger partial charge in [0.05, 0.1) is 11.8 Å². The third-order valence-electron chi connectivity index (χ3n) is 2.29. The summed E-state index contributed by atoms with van der Waals surface area (Å²) in [6, 6.07) is 9.67. The molecule has 0 atom stereocenters. The fourth-order valence-electron chi connectivity index (χ4n) is 1.53. The van der Waals surface area contributed by atoms with Crippen molar-refractivity contribution in [1.29, 1.82) is 0 Å². The van der Waals surface area contributed by atoms with Crippen LogP contribution in [-0.2, 0) is 6.42 Å². The van der Waals surface area contributed by atoms with Gasteiger partial charge in [0.25, 0.3) is 0 Å². The van der Waals surface area contributed by atoms with Gasteiger partial charge < -0.3 is 4.42 Å². The van der Waals surface area contributed by atoms with Gasteiger partial charge in [0.2, 0.25) is 0 Å². The van der Waals surface area contributed by atoms with E-state index in [9.17, 15) is 4.79 Å². The number of ketones is 1. The Morgan fingerprint density at radius 3 is 2.87 bits per heavy atom. The van der Waals surface area contributed by atoms with Crippen LogP contribution in [0.5, 0.6) is 0 Å². The smallest absolute Gasteiger partial charge is 0.170 e. The average molecular weight is 200 g/mol. The highest BCUT2D eigenvalue weighted by atomic mass is 16.3. The van der Waals surface area contributed by atoms with Crippen LogP contribution in [0.4, 0.5) is 0 Å². The van der Waals surface area contributed by atoms with Crippen LogP contribution in [0.1, 0.15) is 21.5 Å². The molecule has 2 rings (SSSR count). The predicted molar refractivity (Wildman–Crippen MR) is 57.9 cm³/mol. The van der Waals surface area contributed by atoms with E-state index in [0.29, 0.717) is 12.0 Å². The van der Waals surface area contributed by atoms with E-state index in [-0.39, 0.29) is 5.78 Å². The quantitative estimate of drug-likeness (QED) is 0.713. The molecule has 0 unspecified atom stereocenters. The standard InChI is InChI=1S/C13H12O2/c1-10-3-2-4-11(7-10)8-13(14)12-5-6-15-9-12/h2-7,9H,8H2,1H3. The number of aryl methyl sites for hydroxylation is 1. The number of carbonyl (C=O) groups excluding carboxylic acids is 1. The van der Waals surface area contributed by atoms with Crippen molar-refractivity contribution in [1.82, 2.24) is 0 Å². The highest BCUT2D eigenvalue weighted by Crippen LogP contribution is 2.09. The fourth-order valence-corrected chi connectivity index (χ4v) is 1.53. The highest BCUT2D eigenvalue weighted by Gasteiger charge is 2.07. The zero-order valence-corrected chi connectivity index (χ0v) is 8.57. The summed E-state index contributed by atoms with van der Waals surface area (Å²) in [5.41, 5.74) is 2.85. The van der Waals surface area contributed by atoms with Crippen molar-refractivity contribution in [2.75, 3.05) is 0 Å². The SMILES string of the molecule is Cc1cccc(CC(=O)c2ccoc2)c1. The van der Waals surface area contributed by atoms with Gasteiger partial charge in [-0.3, -0.25) is 4.79 Å². The lowest BCUT2D eigenvalue weighted by molar-refractivity contribution is 0.0992. The minimum Gasteiger partial charge on any atom is -0.472 e. The number of rotatable bonds is 3. The molecule has 0 radical (unpaired) electrons. The van der Waals surface area contributed by atoms with Gasteiger partial charge in [-0.2, -0.15) is 0 Å². The molecular formula is C13H12O2. The van der Waals surface area contributed by atoms with Gasteiger partial charge in [0, 0.05) is 6.42 Å². The van der Waals surface area contributed by atoms with E-state index in [1.165, 1.54) is 18.1 Å². The Hall–Kier alpha value is -1.83. The summed E-state index contributed by atoms with van der Waals surface area (Å²) < 4.78 is 4.88. The lowest BCUT2D eigenvalue weighted by Crippen LogP contribution is -2.01. The van der Waals surface area contributed by atoms with Crippen molar-refractivity contribution in [3.05, 3.63) is 59.5 Å². The van der Waals surface area contributed by atoms with Gasteiger partial charge in [-0.25, -0.2) is 0 Å². The lowest BCUT2D eigenvalue weighted by Gasteiger charge is -2.00. The van der Waals surface area contributed by atoms with E-state index >= 15 is 0 Å². The molecule has 0 saturated carbocycles. The first-order valence-corrected chi connectivity index (χ1v) is 4.86. The first kappa shape index (κ1) is 9.71. The molecule has 0 aliphatic carbocycles. The molecule has 2 heteroatoms. The third kappa shape index (κ3) is 2.34. The minimum atomic E-state index is 0.0920. The molecule has 0 amide bonds. The number of hydrogen-bond donors (Lipinski definition) is 0. The van der Waals surface area contributed by atoms with Crippen molar-refractivity contribution in [3.8, 4) is 0 Å². The fraction of sp³-hybridized carbons (Fsp3) is 0.154. The summed E-state index contributed by atoms with van der Waals surface area (Å²) in [5, 5.41) is 0. The maximum absolute atomic E-state index is 11.7. The summed E-state index contributed by atoms with van der Waals surface area (Å²) in [6.07, 6.45) is 3.43. The maximum Gasteiger partial charge on any atom is 0.170 e. The molecular weight excluding hydrogens is 188 g/mol. The van der Waals surface area contributed by atoms with Gasteiger partial charge in [-0.05, 0) is 18.6 Å². The Labute approximate surface area is 88.5 Å². The van der Waals surface area contributed by atoms with Gasteiger partial charge in [0.15, 0.2) is 5.78 Å². The van der Waals surface area contributed by atoms with Gasteiger partial charge in [-0.1, -0.05) is 29.8 Å². The summed E-state index contributed by atoms with van der Waals surface area (Å²) >= 11 is 0. The molecule has 76 valence electrons. The first-order chi connectivity index (χ1) is 7.25. The molecule has 0 fully saturated rings. The van der Waals surface area contributed by atoms with Gasteiger partial charge in [0.1, 0.15) is 6.26 Å². The molecule has 1 heterocycles. The van der Waals surface area contributed by atoms with E-state index in [0.717, 1.165) is 5.56 Å². The van der Waals surface area contributed by atoms with Crippen LogP contribution in [0.15, 0.2) is 47.3 Å². The summed E-state index contributed by atoms with van der Waals surface area (Å²) in [6.45, 7) is 2.02.